The van der Waals surface area contributed by atoms with E-state index in [2.05, 4.69) is 37.9 Å². The molecule has 0 spiro atoms. The number of hydrogen-bond acceptors (Lipinski definition) is 2. The molecule has 1 heterocycles. The van der Waals surface area contributed by atoms with Crippen molar-refractivity contribution in [2.75, 3.05) is 13.1 Å². The third-order valence-electron chi connectivity index (χ3n) is 5.68. The molecule has 0 amide bonds. The van der Waals surface area contributed by atoms with Crippen molar-refractivity contribution in [3.63, 3.8) is 0 Å². The van der Waals surface area contributed by atoms with Gasteiger partial charge in [0.1, 0.15) is 0 Å². The molecule has 100 valence electrons. The molecule has 2 fully saturated rings. The maximum absolute atomic E-state index is 3.81. The minimum absolute atomic E-state index is 0.379. The van der Waals surface area contributed by atoms with Crippen molar-refractivity contribution in [2.24, 2.45) is 0 Å². The highest BCUT2D eigenvalue weighted by Gasteiger charge is 2.47. The lowest BCUT2D eigenvalue weighted by Gasteiger charge is -2.58. The number of nitrogens with zero attached hydrogens (tertiary/aromatic N) is 1. The quantitative estimate of drug-likeness (QED) is 0.809. The molecule has 1 N–H and O–H groups in total. The van der Waals surface area contributed by atoms with Crippen molar-refractivity contribution >= 4 is 0 Å². The normalized spacial score (nSPS) is 32.1. The molecule has 0 bridgehead atoms. The zero-order chi connectivity index (χ0) is 12.5. The van der Waals surface area contributed by atoms with E-state index >= 15 is 0 Å². The Morgan fingerprint density at radius 1 is 1.12 bits per heavy atom. The van der Waals surface area contributed by atoms with Crippen LogP contribution in [0, 0.1) is 0 Å². The number of hydrogen-bond donors (Lipinski definition) is 1. The minimum atomic E-state index is 0.379. The monoisotopic (exact) mass is 238 g/mol. The van der Waals surface area contributed by atoms with E-state index in [1.54, 1.807) is 0 Å². The molecule has 0 aromatic rings. The summed E-state index contributed by atoms with van der Waals surface area (Å²) in [4.78, 5) is 2.85. The average molecular weight is 238 g/mol. The van der Waals surface area contributed by atoms with E-state index in [-0.39, 0.29) is 0 Å². The first kappa shape index (κ1) is 13.4. The van der Waals surface area contributed by atoms with Gasteiger partial charge in [-0.05, 0) is 45.4 Å². The van der Waals surface area contributed by atoms with E-state index in [1.165, 1.54) is 51.6 Å². The summed E-state index contributed by atoms with van der Waals surface area (Å²) >= 11 is 0. The van der Waals surface area contributed by atoms with Crippen molar-refractivity contribution in [2.45, 2.75) is 83.3 Å². The lowest BCUT2D eigenvalue weighted by Crippen LogP contribution is -2.70. The van der Waals surface area contributed by atoms with Crippen molar-refractivity contribution in [1.29, 1.82) is 0 Å². The standard InChI is InChI=1S/C15H30N2/c1-5-14(6-2)12-17(13(4)11-16-14)15(7-3)9-8-10-15/h13,16H,5-12H2,1-4H3. The van der Waals surface area contributed by atoms with Crippen LogP contribution in [-0.2, 0) is 0 Å². The molecule has 0 aromatic carbocycles. The average Bonchev–Trinajstić information content (AvgIpc) is 2.31. The van der Waals surface area contributed by atoms with Gasteiger partial charge in [0.15, 0.2) is 0 Å². The molecule has 1 saturated heterocycles. The van der Waals surface area contributed by atoms with Crippen molar-refractivity contribution in [3.8, 4) is 0 Å². The fourth-order valence-electron chi connectivity index (χ4n) is 3.80. The van der Waals surface area contributed by atoms with Crippen LogP contribution in [0.3, 0.4) is 0 Å². The number of rotatable bonds is 4. The molecule has 1 saturated carbocycles. The van der Waals surface area contributed by atoms with E-state index in [4.69, 9.17) is 0 Å². The van der Waals surface area contributed by atoms with Gasteiger partial charge in [-0.25, -0.2) is 0 Å². The maximum Gasteiger partial charge on any atom is 0.0304 e. The van der Waals surface area contributed by atoms with Crippen molar-refractivity contribution in [1.82, 2.24) is 10.2 Å². The Morgan fingerprint density at radius 3 is 2.18 bits per heavy atom. The summed E-state index contributed by atoms with van der Waals surface area (Å²) < 4.78 is 0. The Morgan fingerprint density at radius 2 is 1.76 bits per heavy atom. The van der Waals surface area contributed by atoms with Gasteiger partial charge in [-0.1, -0.05) is 20.8 Å². The van der Waals surface area contributed by atoms with Gasteiger partial charge in [0.2, 0.25) is 0 Å². The van der Waals surface area contributed by atoms with Crippen LogP contribution in [0.2, 0.25) is 0 Å². The summed E-state index contributed by atoms with van der Waals surface area (Å²) in [6, 6.07) is 0.710. The molecule has 0 aromatic heterocycles. The topological polar surface area (TPSA) is 15.3 Å². The Hall–Kier alpha value is -0.0800. The molecule has 17 heavy (non-hydrogen) atoms. The molecular formula is C15H30N2. The first-order valence-corrected chi connectivity index (χ1v) is 7.63. The van der Waals surface area contributed by atoms with Crippen LogP contribution in [-0.4, -0.2) is 35.1 Å². The number of nitrogens with one attached hydrogen (secondary N) is 1. The molecule has 2 rings (SSSR count). The summed E-state index contributed by atoms with van der Waals surface area (Å²) in [7, 11) is 0. The van der Waals surface area contributed by atoms with Gasteiger partial charge in [-0.15, -0.1) is 0 Å². The van der Waals surface area contributed by atoms with Crippen LogP contribution in [0.1, 0.15) is 66.2 Å². The Kier molecular flexibility index (Phi) is 3.84. The molecule has 2 nitrogen and oxygen atoms in total. The van der Waals surface area contributed by atoms with Crippen LogP contribution in [0.4, 0.5) is 0 Å². The van der Waals surface area contributed by atoms with Gasteiger partial charge >= 0.3 is 0 Å². The number of piperazine rings is 1. The fraction of sp³-hybridized carbons (Fsp3) is 1.00. The molecule has 2 aliphatic rings. The first-order valence-electron chi connectivity index (χ1n) is 7.63. The molecule has 1 aliphatic carbocycles. The van der Waals surface area contributed by atoms with Crippen LogP contribution in [0.5, 0.6) is 0 Å². The summed E-state index contributed by atoms with van der Waals surface area (Å²) in [6.07, 6.45) is 8.14. The van der Waals surface area contributed by atoms with Crippen LogP contribution < -0.4 is 5.32 Å². The lowest BCUT2D eigenvalue weighted by atomic mass is 9.71. The predicted molar refractivity (Wildman–Crippen MR) is 74.4 cm³/mol. The molecule has 2 heteroatoms. The summed E-state index contributed by atoms with van der Waals surface area (Å²) in [5, 5.41) is 3.81. The summed E-state index contributed by atoms with van der Waals surface area (Å²) in [5.74, 6) is 0. The van der Waals surface area contributed by atoms with Crippen molar-refractivity contribution < 1.29 is 0 Å². The highest BCUT2D eigenvalue weighted by molar-refractivity contribution is 5.05. The molecule has 0 radical (unpaired) electrons. The van der Waals surface area contributed by atoms with Gasteiger partial charge in [-0.2, -0.15) is 0 Å². The largest absolute Gasteiger partial charge is 0.308 e. The van der Waals surface area contributed by atoms with E-state index in [0.29, 0.717) is 17.1 Å². The highest BCUT2D eigenvalue weighted by atomic mass is 15.3. The van der Waals surface area contributed by atoms with Crippen LogP contribution in [0.25, 0.3) is 0 Å². The smallest absolute Gasteiger partial charge is 0.0304 e. The fourth-order valence-corrected chi connectivity index (χ4v) is 3.80. The van der Waals surface area contributed by atoms with Gasteiger partial charge in [0, 0.05) is 30.2 Å². The van der Waals surface area contributed by atoms with E-state index in [0.717, 1.165) is 0 Å². The van der Waals surface area contributed by atoms with E-state index in [1.807, 2.05) is 0 Å². The van der Waals surface area contributed by atoms with E-state index in [9.17, 15) is 0 Å². The minimum Gasteiger partial charge on any atom is -0.308 e. The second kappa shape index (κ2) is 4.89. The zero-order valence-electron chi connectivity index (χ0n) is 12.2. The van der Waals surface area contributed by atoms with Crippen LogP contribution in [0.15, 0.2) is 0 Å². The second-order valence-electron chi connectivity index (χ2n) is 6.28. The lowest BCUT2D eigenvalue weighted by molar-refractivity contribution is -0.0586. The Bertz CT molecular complexity index is 248. The van der Waals surface area contributed by atoms with E-state index < -0.39 is 0 Å². The molecular weight excluding hydrogens is 208 g/mol. The molecule has 1 unspecified atom stereocenters. The third-order valence-corrected chi connectivity index (χ3v) is 5.68. The Balaban J connectivity index is 2.14. The highest BCUT2D eigenvalue weighted by Crippen LogP contribution is 2.43. The third kappa shape index (κ3) is 2.15. The predicted octanol–water partition coefficient (Wildman–Crippen LogP) is 3.17. The molecule has 1 aliphatic heterocycles. The summed E-state index contributed by atoms with van der Waals surface area (Å²) in [6.45, 7) is 11.9. The molecule has 1 atom stereocenters. The van der Waals surface area contributed by atoms with Gasteiger partial charge in [0.05, 0.1) is 0 Å². The van der Waals surface area contributed by atoms with Crippen molar-refractivity contribution in [3.05, 3.63) is 0 Å². The second-order valence-corrected chi connectivity index (χ2v) is 6.28. The van der Waals surface area contributed by atoms with Gasteiger partial charge in [0.25, 0.3) is 0 Å². The summed E-state index contributed by atoms with van der Waals surface area (Å²) in [5.41, 5.74) is 0.932. The SMILES string of the molecule is CCC1(CC)CN(C2(CC)CCC2)C(C)CN1. The van der Waals surface area contributed by atoms with Crippen LogP contribution >= 0.6 is 0 Å². The first-order chi connectivity index (χ1) is 8.11. The Labute approximate surface area is 107 Å². The maximum atomic E-state index is 3.81. The van der Waals surface area contributed by atoms with Gasteiger partial charge < -0.3 is 5.32 Å². The zero-order valence-corrected chi connectivity index (χ0v) is 12.2. The van der Waals surface area contributed by atoms with Gasteiger partial charge in [-0.3, -0.25) is 4.90 Å².